The lowest BCUT2D eigenvalue weighted by Crippen LogP contribution is -2.23. The van der Waals surface area contributed by atoms with Crippen LogP contribution in [-0.4, -0.2) is 28.9 Å². The first-order valence-corrected chi connectivity index (χ1v) is 15.9. The van der Waals surface area contributed by atoms with Gasteiger partial charge < -0.3 is 0 Å². The Morgan fingerprint density at radius 2 is 1.32 bits per heavy atom. The molecule has 0 atom stereocenters. The van der Waals surface area contributed by atoms with Crippen LogP contribution in [0.4, 0.5) is 0 Å². The van der Waals surface area contributed by atoms with E-state index < -0.39 is 16.1 Å². The van der Waals surface area contributed by atoms with E-state index in [4.69, 9.17) is 0 Å². The van der Waals surface area contributed by atoms with Gasteiger partial charge in [-0.3, -0.25) is 4.99 Å². The van der Waals surface area contributed by atoms with Gasteiger partial charge in [-0.2, -0.15) is 0 Å². The van der Waals surface area contributed by atoms with Crippen molar-refractivity contribution < 1.29 is 0 Å². The molecular formula is C19H39NSi2. The number of hydrogen-bond acceptors (Lipinski definition) is 1. The zero-order chi connectivity index (χ0) is 16.9. The Morgan fingerprint density at radius 3 is 1.91 bits per heavy atom. The molecule has 0 aromatic carbocycles. The second kappa shape index (κ2) is 12.1. The fraction of sp³-hybridized carbons (Fsp3) is 0.737. The maximum Gasteiger partial charge on any atom is 0.0514 e. The molecule has 0 amide bonds. The molecule has 0 aliphatic rings. The summed E-state index contributed by atoms with van der Waals surface area (Å²) in [7, 11) is -1.99. The van der Waals surface area contributed by atoms with Gasteiger partial charge in [0.05, 0.1) is 16.1 Å². The molecule has 0 saturated carbocycles. The molecule has 0 heterocycles. The van der Waals surface area contributed by atoms with Crippen LogP contribution in [0.3, 0.4) is 0 Å². The molecule has 0 rings (SSSR count). The van der Waals surface area contributed by atoms with Gasteiger partial charge in [0.25, 0.3) is 0 Å². The SMILES string of the molecule is C=CC[Si](C)(C)CCC=NCCCCCC[Si](C)(C)CC=C. The van der Waals surface area contributed by atoms with Gasteiger partial charge in [0.15, 0.2) is 0 Å². The number of rotatable bonds is 14. The lowest BCUT2D eigenvalue weighted by molar-refractivity contribution is 0.671. The van der Waals surface area contributed by atoms with Crippen molar-refractivity contribution in [3.05, 3.63) is 25.3 Å². The summed E-state index contributed by atoms with van der Waals surface area (Å²) in [5.41, 5.74) is 0. The summed E-state index contributed by atoms with van der Waals surface area (Å²) in [6.45, 7) is 18.6. The number of nitrogens with zero attached hydrogens (tertiary/aromatic N) is 1. The van der Waals surface area contributed by atoms with Gasteiger partial charge in [0.2, 0.25) is 0 Å². The summed E-state index contributed by atoms with van der Waals surface area (Å²) in [5, 5.41) is 0. The van der Waals surface area contributed by atoms with Crippen molar-refractivity contribution in [2.75, 3.05) is 6.54 Å². The predicted octanol–water partition coefficient (Wildman–Crippen LogP) is 6.80. The molecule has 0 bridgehead atoms. The standard InChI is InChI=1S/C19H39NSi2/c1-7-16-21(3,4)18-12-10-9-11-14-20-15-13-19-22(5,6)17-8-2/h7-8,15H,1-2,9-14,16-19H2,3-6H3. The summed E-state index contributed by atoms with van der Waals surface area (Å²) >= 11 is 0. The summed E-state index contributed by atoms with van der Waals surface area (Å²) in [5.74, 6) is 0. The molecule has 0 spiro atoms. The van der Waals surface area contributed by atoms with Crippen LogP contribution in [0.1, 0.15) is 32.1 Å². The highest BCUT2D eigenvalue weighted by atomic mass is 28.3. The third kappa shape index (κ3) is 13.3. The van der Waals surface area contributed by atoms with Gasteiger partial charge in [-0.25, -0.2) is 0 Å². The Bertz CT molecular complexity index is 332. The van der Waals surface area contributed by atoms with Crippen molar-refractivity contribution >= 4 is 22.4 Å². The van der Waals surface area contributed by atoms with E-state index in [0.29, 0.717) is 0 Å². The fourth-order valence-corrected chi connectivity index (χ4v) is 6.87. The monoisotopic (exact) mass is 337 g/mol. The number of unbranched alkanes of at least 4 members (excludes halogenated alkanes) is 3. The van der Waals surface area contributed by atoms with E-state index in [1.165, 1.54) is 49.9 Å². The molecule has 0 aromatic rings. The Kier molecular flexibility index (Phi) is 11.8. The highest BCUT2D eigenvalue weighted by Crippen LogP contribution is 2.20. The molecule has 22 heavy (non-hydrogen) atoms. The van der Waals surface area contributed by atoms with Gasteiger partial charge in [0.1, 0.15) is 0 Å². The van der Waals surface area contributed by atoms with Crippen molar-refractivity contribution in [2.45, 2.75) is 82.5 Å². The van der Waals surface area contributed by atoms with Crippen molar-refractivity contribution in [2.24, 2.45) is 4.99 Å². The highest BCUT2D eigenvalue weighted by Gasteiger charge is 2.17. The molecule has 0 aliphatic carbocycles. The molecular weight excluding hydrogens is 298 g/mol. The van der Waals surface area contributed by atoms with E-state index >= 15 is 0 Å². The Balaban J connectivity index is 3.52. The van der Waals surface area contributed by atoms with E-state index in [-0.39, 0.29) is 0 Å². The fourth-order valence-electron chi connectivity index (χ4n) is 2.78. The average Bonchev–Trinajstić information content (AvgIpc) is 2.40. The van der Waals surface area contributed by atoms with Gasteiger partial charge >= 0.3 is 0 Å². The average molecular weight is 338 g/mol. The van der Waals surface area contributed by atoms with Crippen molar-refractivity contribution in [3.8, 4) is 0 Å². The molecule has 0 fully saturated rings. The first-order valence-electron chi connectivity index (χ1n) is 9.03. The minimum Gasteiger partial charge on any atom is -0.298 e. The van der Waals surface area contributed by atoms with Gasteiger partial charge in [0, 0.05) is 6.54 Å². The van der Waals surface area contributed by atoms with Crippen LogP contribution in [0.15, 0.2) is 30.3 Å². The molecule has 3 heteroatoms. The maximum absolute atomic E-state index is 4.58. The smallest absolute Gasteiger partial charge is 0.0514 e. The zero-order valence-electron chi connectivity index (χ0n) is 15.7. The Hall–Kier alpha value is -0.416. The van der Waals surface area contributed by atoms with Crippen LogP contribution in [0.5, 0.6) is 0 Å². The molecule has 0 saturated heterocycles. The number of hydrogen-bond donors (Lipinski definition) is 0. The molecule has 0 radical (unpaired) electrons. The zero-order valence-corrected chi connectivity index (χ0v) is 17.7. The van der Waals surface area contributed by atoms with E-state index in [2.05, 4.69) is 62.7 Å². The van der Waals surface area contributed by atoms with Crippen LogP contribution in [0.25, 0.3) is 0 Å². The van der Waals surface area contributed by atoms with E-state index in [0.717, 1.165) is 13.0 Å². The molecule has 128 valence electrons. The maximum atomic E-state index is 4.58. The predicted molar refractivity (Wildman–Crippen MR) is 111 cm³/mol. The van der Waals surface area contributed by atoms with Crippen LogP contribution in [0.2, 0.25) is 50.4 Å². The summed E-state index contributed by atoms with van der Waals surface area (Å²) < 4.78 is 0. The Labute approximate surface area is 142 Å². The summed E-state index contributed by atoms with van der Waals surface area (Å²) in [6, 6.07) is 5.28. The highest BCUT2D eigenvalue weighted by molar-refractivity contribution is 6.78. The third-order valence-corrected chi connectivity index (χ3v) is 10.5. The first-order chi connectivity index (χ1) is 10.3. The largest absolute Gasteiger partial charge is 0.298 e. The lowest BCUT2D eigenvalue weighted by Gasteiger charge is -2.19. The van der Waals surface area contributed by atoms with Crippen LogP contribution in [-0.2, 0) is 0 Å². The van der Waals surface area contributed by atoms with Gasteiger partial charge in [-0.1, -0.05) is 69.7 Å². The number of aliphatic imine (C=N–C) groups is 1. The van der Waals surface area contributed by atoms with E-state index in [9.17, 15) is 0 Å². The van der Waals surface area contributed by atoms with Crippen LogP contribution >= 0.6 is 0 Å². The molecule has 0 unspecified atom stereocenters. The minimum atomic E-state index is -1.03. The minimum absolute atomic E-state index is 0.965. The van der Waals surface area contributed by atoms with Crippen molar-refractivity contribution in [1.29, 1.82) is 0 Å². The Morgan fingerprint density at radius 1 is 0.773 bits per heavy atom. The third-order valence-electron chi connectivity index (χ3n) is 4.36. The molecule has 0 N–H and O–H groups in total. The second-order valence-electron chi connectivity index (χ2n) is 8.11. The van der Waals surface area contributed by atoms with Crippen molar-refractivity contribution in [1.82, 2.24) is 0 Å². The summed E-state index contributed by atoms with van der Waals surface area (Å²) in [4.78, 5) is 4.58. The topological polar surface area (TPSA) is 12.4 Å². The first kappa shape index (κ1) is 21.6. The van der Waals surface area contributed by atoms with E-state index in [1.54, 1.807) is 0 Å². The molecule has 0 aliphatic heterocycles. The van der Waals surface area contributed by atoms with Crippen LogP contribution < -0.4 is 0 Å². The van der Waals surface area contributed by atoms with E-state index in [1.807, 2.05) is 0 Å². The van der Waals surface area contributed by atoms with Crippen LogP contribution in [0, 0.1) is 0 Å². The molecule has 1 nitrogen and oxygen atoms in total. The second-order valence-corrected chi connectivity index (χ2v) is 18.6. The quantitative estimate of drug-likeness (QED) is 0.143. The summed E-state index contributed by atoms with van der Waals surface area (Å²) in [6.07, 6.45) is 12.9. The van der Waals surface area contributed by atoms with Gasteiger partial charge in [-0.15, -0.1) is 13.2 Å². The number of allylic oxidation sites excluding steroid dienone is 2. The lowest BCUT2D eigenvalue weighted by atomic mass is 10.2. The normalized spacial score (nSPS) is 12.7. The molecule has 0 aromatic heterocycles. The van der Waals surface area contributed by atoms with Crippen molar-refractivity contribution in [3.63, 3.8) is 0 Å². The van der Waals surface area contributed by atoms with Gasteiger partial charge in [-0.05, 0) is 31.1 Å².